The predicted molar refractivity (Wildman–Crippen MR) is 103 cm³/mol. The van der Waals surface area contributed by atoms with Gasteiger partial charge in [0.1, 0.15) is 5.69 Å². The monoisotopic (exact) mass is 358 g/mol. The molecule has 2 heterocycles. The van der Waals surface area contributed by atoms with Gasteiger partial charge in [-0.25, -0.2) is 4.98 Å². The summed E-state index contributed by atoms with van der Waals surface area (Å²) in [5.41, 5.74) is 5.20. The number of nitrogens with zero attached hydrogens (tertiary/aromatic N) is 4. The Labute approximate surface area is 152 Å². The van der Waals surface area contributed by atoms with E-state index in [4.69, 9.17) is 17.0 Å². The van der Waals surface area contributed by atoms with Crippen molar-refractivity contribution in [2.75, 3.05) is 39.4 Å². The van der Waals surface area contributed by atoms with E-state index in [0.717, 1.165) is 56.8 Å². The van der Waals surface area contributed by atoms with Gasteiger partial charge in [0.15, 0.2) is 5.11 Å². The standard InChI is InChI=1S/C17H22N6OS/c25-17(18-6-3-7-23-8-10-24-11-9-23)22-20-13-14-12-19-15-4-1-2-5-16(15)21-14/h1-2,4-5,12-13H,3,6-11H2,(H2,18,22,25)/b20-13-. The number of morpholine rings is 1. The van der Waals surface area contributed by atoms with E-state index in [9.17, 15) is 0 Å². The maximum Gasteiger partial charge on any atom is 0.186 e. The molecule has 25 heavy (non-hydrogen) atoms. The lowest BCUT2D eigenvalue weighted by Crippen LogP contribution is -2.39. The summed E-state index contributed by atoms with van der Waals surface area (Å²) in [6.45, 7) is 5.56. The lowest BCUT2D eigenvalue weighted by molar-refractivity contribution is 0.0376. The van der Waals surface area contributed by atoms with Gasteiger partial charge in [-0.2, -0.15) is 5.10 Å². The molecule has 0 radical (unpaired) electrons. The number of fused-ring (bicyclic) bond motifs is 1. The minimum absolute atomic E-state index is 0.506. The Balaban J connectivity index is 1.36. The zero-order valence-corrected chi connectivity index (χ0v) is 14.8. The van der Waals surface area contributed by atoms with E-state index in [1.54, 1.807) is 12.4 Å². The largest absolute Gasteiger partial charge is 0.379 e. The van der Waals surface area contributed by atoms with Crippen molar-refractivity contribution >= 4 is 34.6 Å². The Morgan fingerprint density at radius 2 is 2.08 bits per heavy atom. The topological polar surface area (TPSA) is 74.7 Å². The summed E-state index contributed by atoms with van der Waals surface area (Å²) >= 11 is 5.21. The fraction of sp³-hybridized carbons (Fsp3) is 0.412. The number of thiocarbonyl (C=S) groups is 1. The van der Waals surface area contributed by atoms with E-state index >= 15 is 0 Å². The molecule has 2 N–H and O–H groups in total. The first-order valence-electron chi connectivity index (χ1n) is 8.40. The molecule has 0 unspecified atom stereocenters. The van der Waals surface area contributed by atoms with Crippen LogP contribution in [0.2, 0.25) is 0 Å². The number of hydrogen-bond donors (Lipinski definition) is 2. The van der Waals surface area contributed by atoms with E-state index in [0.29, 0.717) is 10.8 Å². The predicted octanol–water partition coefficient (Wildman–Crippen LogP) is 1.15. The van der Waals surface area contributed by atoms with Gasteiger partial charge in [-0.15, -0.1) is 0 Å². The molecular formula is C17H22N6OS. The van der Waals surface area contributed by atoms with Crippen molar-refractivity contribution in [2.45, 2.75) is 6.42 Å². The lowest BCUT2D eigenvalue weighted by atomic mass is 10.3. The van der Waals surface area contributed by atoms with Crippen molar-refractivity contribution in [1.29, 1.82) is 0 Å². The third kappa shape index (κ3) is 5.70. The number of ether oxygens (including phenoxy) is 1. The van der Waals surface area contributed by atoms with Crippen LogP contribution >= 0.6 is 12.2 Å². The summed E-state index contributed by atoms with van der Waals surface area (Å²) in [4.78, 5) is 11.2. The molecule has 0 spiro atoms. The Kier molecular flexibility index (Phi) is 6.61. The zero-order chi connectivity index (χ0) is 17.3. The molecule has 1 aromatic heterocycles. The van der Waals surface area contributed by atoms with Crippen molar-refractivity contribution < 1.29 is 4.74 Å². The summed E-state index contributed by atoms with van der Waals surface area (Å²) in [6.07, 6.45) is 4.33. The van der Waals surface area contributed by atoms with Crippen molar-refractivity contribution in [3.63, 3.8) is 0 Å². The first-order valence-corrected chi connectivity index (χ1v) is 8.81. The van der Waals surface area contributed by atoms with Crippen molar-refractivity contribution in [1.82, 2.24) is 25.6 Å². The Morgan fingerprint density at radius 1 is 1.28 bits per heavy atom. The van der Waals surface area contributed by atoms with Crippen molar-refractivity contribution in [3.05, 3.63) is 36.2 Å². The molecule has 1 fully saturated rings. The molecule has 1 saturated heterocycles. The van der Waals surface area contributed by atoms with Crippen LogP contribution in [-0.4, -0.2) is 65.6 Å². The van der Waals surface area contributed by atoms with E-state index in [2.05, 4.69) is 30.7 Å². The number of hydrazone groups is 1. The lowest BCUT2D eigenvalue weighted by Gasteiger charge is -2.26. The molecule has 8 heteroatoms. The number of hydrogen-bond acceptors (Lipinski definition) is 6. The third-order valence-corrected chi connectivity index (χ3v) is 4.11. The van der Waals surface area contributed by atoms with Crippen LogP contribution in [0.4, 0.5) is 0 Å². The van der Waals surface area contributed by atoms with Crippen LogP contribution in [0.1, 0.15) is 12.1 Å². The van der Waals surface area contributed by atoms with Gasteiger partial charge >= 0.3 is 0 Å². The fourth-order valence-electron chi connectivity index (χ4n) is 2.56. The van der Waals surface area contributed by atoms with E-state index in [-0.39, 0.29) is 0 Å². The SMILES string of the molecule is S=C(NCCCN1CCOCC1)N/N=C\c1cnc2ccccc2n1. The molecule has 0 saturated carbocycles. The fourth-order valence-corrected chi connectivity index (χ4v) is 2.71. The summed E-state index contributed by atoms with van der Waals surface area (Å²) in [5.74, 6) is 0. The van der Waals surface area contributed by atoms with Crippen LogP contribution < -0.4 is 10.7 Å². The van der Waals surface area contributed by atoms with Gasteiger partial charge in [0.2, 0.25) is 0 Å². The number of aromatic nitrogens is 2. The molecule has 1 aromatic carbocycles. The zero-order valence-electron chi connectivity index (χ0n) is 14.0. The highest BCUT2D eigenvalue weighted by Gasteiger charge is 2.08. The highest BCUT2D eigenvalue weighted by atomic mass is 32.1. The summed E-state index contributed by atoms with van der Waals surface area (Å²) in [6, 6.07) is 7.73. The molecule has 0 aliphatic carbocycles. The Hall–Kier alpha value is -2.16. The second kappa shape index (κ2) is 9.36. The van der Waals surface area contributed by atoms with Crippen molar-refractivity contribution in [2.24, 2.45) is 5.10 Å². The van der Waals surface area contributed by atoms with Crippen LogP contribution in [0.3, 0.4) is 0 Å². The average Bonchev–Trinajstić information content (AvgIpc) is 2.66. The molecule has 0 amide bonds. The molecule has 132 valence electrons. The number of nitrogens with one attached hydrogen (secondary N) is 2. The normalized spacial score (nSPS) is 15.5. The summed E-state index contributed by atoms with van der Waals surface area (Å²) in [7, 11) is 0. The molecular weight excluding hydrogens is 336 g/mol. The quantitative estimate of drug-likeness (QED) is 0.347. The summed E-state index contributed by atoms with van der Waals surface area (Å²) < 4.78 is 5.34. The molecule has 3 rings (SSSR count). The van der Waals surface area contributed by atoms with Crippen molar-refractivity contribution in [3.8, 4) is 0 Å². The van der Waals surface area contributed by atoms with E-state index in [1.165, 1.54) is 0 Å². The highest BCUT2D eigenvalue weighted by molar-refractivity contribution is 7.80. The van der Waals surface area contributed by atoms with Gasteiger partial charge < -0.3 is 10.1 Å². The van der Waals surface area contributed by atoms with Gasteiger partial charge in [0.05, 0.1) is 36.7 Å². The van der Waals surface area contributed by atoms with Crippen LogP contribution in [0.25, 0.3) is 11.0 Å². The van der Waals surface area contributed by atoms with Gasteiger partial charge in [-0.3, -0.25) is 15.3 Å². The minimum Gasteiger partial charge on any atom is -0.379 e. The Morgan fingerprint density at radius 3 is 2.92 bits per heavy atom. The van der Waals surface area contributed by atoms with Crippen LogP contribution in [0.5, 0.6) is 0 Å². The minimum atomic E-state index is 0.506. The molecule has 1 aliphatic rings. The van der Waals surface area contributed by atoms with Gasteiger partial charge in [-0.05, 0) is 37.3 Å². The molecule has 0 atom stereocenters. The van der Waals surface area contributed by atoms with E-state index in [1.807, 2.05) is 24.3 Å². The first kappa shape index (κ1) is 17.7. The molecule has 1 aliphatic heterocycles. The van der Waals surface area contributed by atoms with Crippen LogP contribution in [-0.2, 0) is 4.74 Å². The average molecular weight is 358 g/mol. The van der Waals surface area contributed by atoms with Gasteiger partial charge in [0, 0.05) is 19.6 Å². The highest BCUT2D eigenvalue weighted by Crippen LogP contribution is 2.07. The number of para-hydroxylation sites is 2. The van der Waals surface area contributed by atoms with Gasteiger partial charge in [-0.1, -0.05) is 12.1 Å². The van der Waals surface area contributed by atoms with Crippen LogP contribution in [0, 0.1) is 0 Å². The number of benzene rings is 1. The Bertz CT molecular complexity index is 732. The third-order valence-electron chi connectivity index (χ3n) is 3.87. The van der Waals surface area contributed by atoms with E-state index < -0.39 is 0 Å². The number of rotatable bonds is 6. The molecule has 2 aromatic rings. The molecule has 0 bridgehead atoms. The summed E-state index contributed by atoms with van der Waals surface area (Å²) in [5, 5.41) is 7.77. The second-order valence-electron chi connectivity index (χ2n) is 5.72. The smallest absolute Gasteiger partial charge is 0.186 e. The van der Waals surface area contributed by atoms with Gasteiger partial charge in [0.25, 0.3) is 0 Å². The first-order chi connectivity index (χ1) is 12.3. The maximum absolute atomic E-state index is 5.34. The molecule has 7 nitrogen and oxygen atoms in total. The maximum atomic E-state index is 5.34. The van der Waals surface area contributed by atoms with Crippen LogP contribution in [0.15, 0.2) is 35.6 Å². The second-order valence-corrected chi connectivity index (χ2v) is 6.13.